The summed E-state index contributed by atoms with van der Waals surface area (Å²) in [6.07, 6.45) is 2.48. The van der Waals surface area contributed by atoms with Gasteiger partial charge in [-0.15, -0.1) is 0 Å². The smallest absolute Gasteiger partial charge is 0.213 e. The highest BCUT2D eigenvalue weighted by atomic mass is 16.5. The highest BCUT2D eigenvalue weighted by molar-refractivity contribution is 5.99. The molecule has 1 unspecified atom stereocenters. The van der Waals surface area contributed by atoms with Gasteiger partial charge in [0.25, 0.3) is 0 Å². The number of hydrogen-bond acceptors (Lipinski definition) is 4. The lowest BCUT2D eigenvalue weighted by atomic mass is 10.1. The zero-order valence-electron chi connectivity index (χ0n) is 10.6. The summed E-state index contributed by atoms with van der Waals surface area (Å²) in [5, 5.41) is 17.3. The van der Waals surface area contributed by atoms with Gasteiger partial charge < -0.3 is 9.84 Å². The first-order chi connectivity index (χ1) is 8.69. The lowest BCUT2D eigenvalue weighted by molar-refractivity contribution is 0.112. The summed E-state index contributed by atoms with van der Waals surface area (Å²) in [7, 11) is 0. The van der Waals surface area contributed by atoms with Gasteiger partial charge in [0.05, 0.1) is 12.7 Å². The number of ether oxygens (including phenoxy) is 1. The van der Waals surface area contributed by atoms with Gasteiger partial charge in [-0.25, -0.2) is 0 Å². The van der Waals surface area contributed by atoms with Crippen molar-refractivity contribution in [2.24, 2.45) is 0 Å². The van der Waals surface area contributed by atoms with Crippen molar-refractivity contribution >= 4 is 12.2 Å². The summed E-state index contributed by atoms with van der Waals surface area (Å²) in [4.78, 5) is 10.8. The number of carbonyl (C=O) groups excluding carboxylic acids is 1. The minimum Gasteiger partial charge on any atom is -0.478 e. The van der Waals surface area contributed by atoms with E-state index in [-0.39, 0.29) is 18.6 Å². The van der Waals surface area contributed by atoms with Crippen LogP contribution in [0.25, 0.3) is 0 Å². The number of nitrogens with one attached hydrogen (secondary N) is 1. The molecule has 98 valence electrons. The number of rotatable bonds is 7. The summed E-state index contributed by atoms with van der Waals surface area (Å²) in [5.41, 5.74) is 0.925. The van der Waals surface area contributed by atoms with Gasteiger partial charge in [0.15, 0.2) is 6.29 Å². The normalized spacial score (nSPS) is 11.9. The van der Waals surface area contributed by atoms with E-state index in [4.69, 9.17) is 10.1 Å². The topological polar surface area (TPSA) is 70.4 Å². The van der Waals surface area contributed by atoms with Crippen LogP contribution in [0.2, 0.25) is 0 Å². The third-order valence-electron chi connectivity index (χ3n) is 2.65. The Kier molecular flexibility index (Phi) is 6.08. The highest BCUT2D eigenvalue weighted by Crippen LogP contribution is 2.09. The Morgan fingerprint density at radius 1 is 1.44 bits per heavy atom. The second-order valence-electron chi connectivity index (χ2n) is 4.11. The van der Waals surface area contributed by atoms with Crippen molar-refractivity contribution in [2.45, 2.75) is 32.3 Å². The molecule has 0 radical (unpaired) electrons. The van der Waals surface area contributed by atoms with Crippen molar-refractivity contribution in [3.05, 3.63) is 35.4 Å². The first kappa shape index (κ1) is 14.4. The van der Waals surface area contributed by atoms with Crippen molar-refractivity contribution in [3.8, 4) is 0 Å². The van der Waals surface area contributed by atoms with Crippen LogP contribution >= 0.6 is 0 Å². The predicted octanol–water partition coefficient (Wildman–Crippen LogP) is 2.39. The van der Waals surface area contributed by atoms with Gasteiger partial charge in [-0.05, 0) is 12.5 Å². The molecule has 1 aromatic rings. The summed E-state index contributed by atoms with van der Waals surface area (Å²) in [5.74, 6) is -0.0265. The van der Waals surface area contributed by atoms with Crippen LogP contribution in [0, 0.1) is 5.41 Å². The molecule has 2 N–H and O–H groups in total. The van der Waals surface area contributed by atoms with E-state index in [9.17, 15) is 9.90 Å². The van der Waals surface area contributed by atoms with Crippen LogP contribution in [0.4, 0.5) is 0 Å². The summed E-state index contributed by atoms with van der Waals surface area (Å²) in [6, 6.07) is 6.82. The monoisotopic (exact) mass is 249 g/mol. The Morgan fingerprint density at radius 3 is 2.83 bits per heavy atom. The van der Waals surface area contributed by atoms with Crippen LogP contribution in [0.15, 0.2) is 24.3 Å². The molecule has 0 aliphatic rings. The molecule has 1 aromatic carbocycles. The number of aliphatic hydroxyl groups excluding tert-OH is 1. The Balaban J connectivity index is 2.48. The quantitative estimate of drug-likeness (QED) is 0.443. The third kappa shape index (κ3) is 4.30. The average Bonchev–Trinajstić information content (AvgIpc) is 2.38. The fourth-order valence-corrected chi connectivity index (χ4v) is 1.66. The Hall–Kier alpha value is -1.68. The van der Waals surface area contributed by atoms with Crippen LogP contribution in [0.5, 0.6) is 0 Å². The summed E-state index contributed by atoms with van der Waals surface area (Å²) >= 11 is 0. The number of benzene rings is 1. The van der Waals surface area contributed by atoms with E-state index in [2.05, 4.69) is 0 Å². The number of carbonyl (C=O) groups is 1. The maximum atomic E-state index is 10.8. The summed E-state index contributed by atoms with van der Waals surface area (Å²) in [6.45, 7) is 2.29. The van der Waals surface area contributed by atoms with E-state index in [0.29, 0.717) is 23.8 Å². The molecule has 0 bridgehead atoms. The molecule has 0 aromatic heterocycles. The Bertz CT molecular complexity index is 404. The van der Waals surface area contributed by atoms with Crippen LogP contribution < -0.4 is 0 Å². The molecule has 1 rings (SSSR count). The van der Waals surface area contributed by atoms with Gasteiger partial charge >= 0.3 is 0 Å². The molecule has 4 nitrogen and oxygen atoms in total. The molecule has 0 amide bonds. The Morgan fingerprint density at radius 2 is 2.17 bits per heavy atom. The summed E-state index contributed by atoms with van der Waals surface area (Å²) < 4.78 is 5.25. The van der Waals surface area contributed by atoms with Crippen molar-refractivity contribution in [1.29, 1.82) is 5.41 Å². The van der Waals surface area contributed by atoms with Crippen LogP contribution in [0.1, 0.15) is 42.1 Å². The molecule has 0 heterocycles. The highest BCUT2D eigenvalue weighted by Gasteiger charge is 2.09. The molecular weight excluding hydrogens is 230 g/mol. The molecule has 0 fully saturated rings. The predicted molar refractivity (Wildman–Crippen MR) is 70.1 cm³/mol. The first-order valence-corrected chi connectivity index (χ1v) is 6.13. The number of aliphatic hydroxyl groups is 1. The van der Waals surface area contributed by atoms with E-state index in [0.717, 1.165) is 12.8 Å². The Labute approximate surface area is 107 Å². The molecule has 4 heteroatoms. The fraction of sp³-hybridized carbons (Fsp3) is 0.429. The lowest BCUT2D eigenvalue weighted by Gasteiger charge is -2.12. The first-order valence-electron chi connectivity index (χ1n) is 6.13. The zero-order chi connectivity index (χ0) is 13.4. The maximum absolute atomic E-state index is 10.8. The molecular formula is C14H19NO3. The molecule has 0 saturated carbocycles. The molecule has 1 atom stereocenters. The molecule has 0 aliphatic heterocycles. The van der Waals surface area contributed by atoms with E-state index < -0.39 is 0 Å². The number of hydrogen-bond donors (Lipinski definition) is 2. The van der Waals surface area contributed by atoms with Crippen LogP contribution in [-0.2, 0) is 4.74 Å². The van der Waals surface area contributed by atoms with Crippen LogP contribution in [-0.4, -0.2) is 30.0 Å². The van der Waals surface area contributed by atoms with Gasteiger partial charge in [0.2, 0.25) is 5.90 Å². The van der Waals surface area contributed by atoms with Gasteiger partial charge in [0, 0.05) is 17.5 Å². The minimum atomic E-state index is -0.385. The minimum absolute atomic E-state index is 0.0265. The van der Waals surface area contributed by atoms with Gasteiger partial charge in [-0.3, -0.25) is 10.2 Å². The van der Waals surface area contributed by atoms with E-state index in [1.807, 2.05) is 6.92 Å². The van der Waals surface area contributed by atoms with Gasteiger partial charge in [-0.2, -0.15) is 0 Å². The van der Waals surface area contributed by atoms with Crippen molar-refractivity contribution < 1.29 is 14.6 Å². The second kappa shape index (κ2) is 7.61. The maximum Gasteiger partial charge on any atom is 0.213 e. The van der Waals surface area contributed by atoms with Crippen molar-refractivity contribution in [3.63, 3.8) is 0 Å². The van der Waals surface area contributed by atoms with E-state index in [1.54, 1.807) is 24.3 Å². The fourth-order valence-electron chi connectivity index (χ4n) is 1.66. The van der Waals surface area contributed by atoms with E-state index >= 15 is 0 Å². The molecule has 0 saturated heterocycles. The standard InChI is InChI=1S/C14H19NO3/c1-2-5-12(17)8-9-18-14(15)13-7-4-3-6-11(13)10-16/h3-4,6-7,10,12,15,17H,2,5,8-9H2,1H3. The number of aldehydes is 1. The second-order valence-corrected chi connectivity index (χ2v) is 4.11. The van der Waals surface area contributed by atoms with Gasteiger partial charge in [0.1, 0.15) is 0 Å². The van der Waals surface area contributed by atoms with E-state index in [1.165, 1.54) is 0 Å². The molecule has 0 aliphatic carbocycles. The average molecular weight is 249 g/mol. The van der Waals surface area contributed by atoms with Crippen molar-refractivity contribution in [2.75, 3.05) is 6.61 Å². The third-order valence-corrected chi connectivity index (χ3v) is 2.65. The molecule has 0 spiro atoms. The zero-order valence-corrected chi connectivity index (χ0v) is 10.6. The SMILES string of the molecule is CCCC(O)CCOC(=N)c1ccccc1C=O. The van der Waals surface area contributed by atoms with Crippen LogP contribution in [0.3, 0.4) is 0 Å². The largest absolute Gasteiger partial charge is 0.478 e. The molecule has 18 heavy (non-hydrogen) atoms. The van der Waals surface area contributed by atoms with Gasteiger partial charge in [-0.1, -0.05) is 31.5 Å². The van der Waals surface area contributed by atoms with Crippen molar-refractivity contribution in [1.82, 2.24) is 0 Å². The lowest BCUT2D eigenvalue weighted by Crippen LogP contribution is -2.14.